The van der Waals surface area contributed by atoms with Gasteiger partial charge in [-0.2, -0.15) is 0 Å². The molecule has 0 saturated heterocycles. The summed E-state index contributed by atoms with van der Waals surface area (Å²) in [6, 6.07) is 10.3. The molecule has 2 N–H and O–H groups in total. The lowest BCUT2D eigenvalue weighted by Gasteiger charge is -2.13. The van der Waals surface area contributed by atoms with E-state index >= 15 is 0 Å². The van der Waals surface area contributed by atoms with Crippen molar-refractivity contribution in [3.63, 3.8) is 0 Å². The number of hydrogen-bond donors (Lipinski definition) is 1. The van der Waals surface area contributed by atoms with E-state index in [0.717, 1.165) is 11.1 Å². The predicted molar refractivity (Wildman–Crippen MR) is 76.7 cm³/mol. The third-order valence-corrected chi connectivity index (χ3v) is 3.21. The van der Waals surface area contributed by atoms with Gasteiger partial charge in [-0.1, -0.05) is 18.2 Å². The van der Waals surface area contributed by atoms with Gasteiger partial charge in [-0.15, -0.1) is 0 Å². The van der Waals surface area contributed by atoms with Gasteiger partial charge in [0, 0.05) is 18.2 Å². The molecule has 0 saturated carbocycles. The first kappa shape index (κ1) is 14.9. The first-order valence-electron chi connectivity index (χ1n) is 6.33. The van der Waals surface area contributed by atoms with E-state index in [1.165, 1.54) is 25.3 Å². The van der Waals surface area contributed by atoms with Crippen LogP contribution < -0.4 is 10.5 Å². The second-order valence-electron chi connectivity index (χ2n) is 4.63. The maximum Gasteiger partial charge on any atom is 0.269 e. The number of nitro benzene ring substituents is 1. The zero-order chi connectivity index (χ0) is 15.4. The summed E-state index contributed by atoms with van der Waals surface area (Å²) in [5.74, 6) is -0.296. The Morgan fingerprint density at radius 2 is 1.95 bits per heavy atom. The van der Waals surface area contributed by atoms with Crippen LogP contribution >= 0.6 is 0 Å². The summed E-state index contributed by atoms with van der Waals surface area (Å²) >= 11 is 0. The Morgan fingerprint density at radius 1 is 1.29 bits per heavy atom. The zero-order valence-electron chi connectivity index (χ0n) is 11.5. The monoisotopic (exact) mass is 290 g/mol. The minimum atomic E-state index is -0.450. The highest BCUT2D eigenvalue weighted by molar-refractivity contribution is 5.35. The van der Waals surface area contributed by atoms with Crippen molar-refractivity contribution in [2.24, 2.45) is 5.73 Å². The number of nitrogens with two attached hydrogens (primary N) is 1. The maximum atomic E-state index is 13.4. The molecule has 2 aromatic carbocycles. The molecule has 5 nitrogen and oxygen atoms in total. The smallest absolute Gasteiger partial charge is 0.269 e. The predicted octanol–water partition coefficient (Wildman–Crippen LogP) is 2.99. The largest absolute Gasteiger partial charge is 0.494 e. The van der Waals surface area contributed by atoms with E-state index in [4.69, 9.17) is 10.5 Å². The van der Waals surface area contributed by atoms with Crippen LogP contribution in [0.1, 0.15) is 17.2 Å². The Bertz CT molecular complexity index is 644. The standard InChI is InChI=1S/C15H15FN2O3/c1-21-15-9-11(4-7-13(15)16)14(17)8-10-2-5-12(6-3-10)18(19)20/h2-7,9,14H,8,17H2,1H3. The fourth-order valence-electron chi connectivity index (χ4n) is 2.03. The molecule has 0 fully saturated rings. The molecule has 0 amide bonds. The van der Waals surface area contributed by atoms with E-state index in [9.17, 15) is 14.5 Å². The molecule has 0 aliphatic carbocycles. The van der Waals surface area contributed by atoms with Gasteiger partial charge in [0.05, 0.1) is 12.0 Å². The molecule has 1 atom stereocenters. The molecule has 110 valence electrons. The van der Waals surface area contributed by atoms with E-state index in [1.807, 2.05) is 0 Å². The van der Waals surface area contributed by atoms with Crippen LogP contribution in [0, 0.1) is 15.9 Å². The van der Waals surface area contributed by atoms with E-state index in [0.29, 0.717) is 6.42 Å². The van der Waals surface area contributed by atoms with Crippen LogP contribution in [-0.4, -0.2) is 12.0 Å². The molecule has 21 heavy (non-hydrogen) atoms. The number of halogens is 1. The van der Waals surface area contributed by atoms with E-state index in [2.05, 4.69) is 0 Å². The molecule has 0 aliphatic heterocycles. The molecule has 0 radical (unpaired) electrons. The molecular formula is C15H15FN2O3. The van der Waals surface area contributed by atoms with Crippen LogP contribution in [-0.2, 0) is 6.42 Å². The number of benzene rings is 2. The summed E-state index contributed by atoms with van der Waals surface area (Å²) < 4.78 is 18.3. The molecular weight excluding hydrogens is 275 g/mol. The van der Waals surface area contributed by atoms with Crippen LogP contribution in [0.5, 0.6) is 5.75 Å². The highest BCUT2D eigenvalue weighted by Gasteiger charge is 2.12. The van der Waals surface area contributed by atoms with Crippen molar-refractivity contribution in [1.29, 1.82) is 0 Å². The van der Waals surface area contributed by atoms with Crippen LogP contribution in [0.3, 0.4) is 0 Å². The zero-order valence-corrected chi connectivity index (χ0v) is 11.5. The minimum Gasteiger partial charge on any atom is -0.494 e. The van der Waals surface area contributed by atoms with Crippen molar-refractivity contribution < 1.29 is 14.1 Å². The van der Waals surface area contributed by atoms with Gasteiger partial charge in [0.2, 0.25) is 0 Å². The molecule has 0 spiro atoms. The molecule has 0 aliphatic rings. The van der Waals surface area contributed by atoms with E-state index < -0.39 is 10.7 Å². The van der Waals surface area contributed by atoms with Crippen molar-refractivity contribution in [2.45, 2.75) is 12.5 Å². The van der Waals surface area contributed by atoms with Crippen LogP contribution in [0.15, 0.2) is 42.5 Å². The lowest BCUT2D eigenvalue weighted by Crippen LogP contribution is -2.13. The molecule has 1 unspecified atom stereocenters. The van der Waals surface area contributed by atoms with E-state index in [1.54, 1.807) is 24.3 Å². The Morgan fingerprint density at radius 3 is 2.52 bits per heavy atom. The summed E-state index contributed by atoms with van der Waals surface area (Å²) in [7, 11) is 1.39. The molecule has 0 bridgehead atoms. The number of methoxy groups -OCH3 is 1. The topological polar surface area (TPSA) is 78.4 Å². The highest BCUT2D eigenvalue weighted by atomic mass is 19.1. The Kier molecular flexibility index (Phi) is 4.49. The summed E-state index contributed by atoms with van der Waals surface area (Å²) in [4.78, 5) is 10.1. The first-order valence-corrected chi connectivity index (χ1v) is 6.33. The van der Waals surface area contributed by atoms with Gasteiger partial charge in [0.1, 0.15) is 0 Å². The van der Waals surface area contributed by atoms with Gasteiger partial charge in [-0.25, -0.2) is 4.39 Å². The van der Waals surface area contributed by atoms with Gasteiger partial charge in [0.15, 0.2) is 11.6 Å². The average Bonchev–Trinajstić information content (AvgIpc) is 2.48. The summed E-state index contributed by atoms with van der Waals surface area (Å²) in [5, 5.41) is 10.6. The third kappa shape index (κ3) is 3.55. The first-order chi connectivity index (χ1) is 10.0. The Balaban J connectivity index is 2.13. The SMILES string of the molecule is COc1cc(C(N)Cc2ccc([N+](=O)[O-])cc2)ccc1F. The number of non-ortho nitro benzene ring substituents is 1. The maximum absolute atomic E-state index is 13.4. The second-order valence-corrected chi connectivity index (χ2v) is 4.63. The fourth-order valence-corrected chi connectivity index (χ4v) is 2.03. The van der Waals surface area contributed by atoms with Crippen LogP contribution in [0.4, 0.5) is 10.1 Å². The number of hydrogen-bond acceptors (Lipinski definition) is 4. The molecule has 0 aromatic heterocycles. The third-order valence-electron chi connectivity index (χ3n) is 3.21. The van der Waals surface area contributed by atoms with Crippen molar-refractivity contribution in [3.05, 3.63) is 69.5 Å². The second kappa shape index (κ2) is 6.32. The van der Waals surface area contributed by atoms with Gasteiger partial charge in [-0.3, -0.25) is 10.1 Å². The number of ether oxygens (including phenoxy) is 1. The molecule has 2 aromatic rings. The minimum absolute atomic E-state index is 0.0378. The number of nitrogens with zero attached hydrogens (tertiary/aromatic N) is 1. The summed E-state index contributed by atoms with van der Waals surface area (Å²) in [6.07, 6.45) is 0.493. The van der Waals surface area contributed by atoms with Crippen molar-refractivity contribution in [3.8, 4) is 5.75 Å². The number of rotatable bonds is 5. The summed E-state index contributed by atoms with van der Waals surface area (Å²) in [5.41, 5.74) is 7.74. The van der Waals surface area contributed by atoms with Gasteiger partial charge < -0.3 is 10.5 Å². The van der Waals surface area contributed by atoms with Crippen molar-refractivity contribution in [2.75, 3.05) is 7.11 Å². The highest BCUT2D eigenvalue weighted by Crippen LogP contribution is 2.24. The fraction of sp³-hybridized carbons (Fsp3) is 0.200. The van der Waals surface area contributed by atoms with E-state index in [-0.39, 0.29) is 17.5 Å². The van der Waals surface area contributed by atoms with Gasteiger partial charge in [0.25, 0.3) is 5.69 Å². The Hall–Kier alpha value is -2.47. The Labute approximate surface area is 121 Å². The molecule has 6 heteroatoms. The number of nitro groups is 1. The lowest BCUT2D eigenvalue weighted by atomic mass is 9.99. The van der Waals surface area contributed by atoms with Gasteiger partial charge >= 0.3 is 0 Å². The van der Waals surface area contributed by atoms with Crippen LogP contribution in [0.25, 0.3) is 0 Å². The van der Waals surface area contributed by atoms with Crippen LogP contribution in [0.2, 0.25) is 0 Å². The molecule has 2 rings (SSSR count). The van der Waals surface area contributed by atoms with Crippen molar-refractivity contribution >= 4 is 5.69 Å². The quantitative estimate of drug-likeness (QED) is 0.678. The van der Waals surface area contributed by atoms with Gasteiger partial charge in [-0.05, 0) is 29.7 Å². The average molecular weight is 290 g/mol. The normalized spacial score (nSPS) is 12.0. The molecule has 0 heterocycles. The van der Waals surface area contributed by atoms with Crippen molar-refractivity contribution in [1.82, 2.24) is 0 Å². The summed E-state index contributed by atoms with van der Waals surface area (Å²) in [6.45, 7) is 0. The lowest BCUT2D eigenvalue weighted by molar-refractivity contribution is -0.384.